The average Bonchev–Trinajstić information content (AvgIpc) is 3.14. The average molecular weight is 370 g/mol. The Morgan fingerprint density at radius 3 is 2.74 bits per heavy atom. The Kier molecular flexibility index (Phi) is 4.59. The fourth-order valence-corrected chi connectivity index (χ4v) is 4.56. The van der Waals surface area contributed by atoms with Gasteiger partial charge in [0.15, 0.2) is 0 Å². The second-order valence-electron chi connectivity index (χ2n) is 7.50. The van der Waals surface area contributed by atoms with Crippen molar-refractivity contribution >= 4 is 5.91 Å². The van der Waals surface area contributed by atoms with Crippen LogP contribution in [0.15, 0.2) is 17.3 Å². The van der Waals surface area contributed by atoms with Gasteiger partial charge in [0.05, 0.1) is 17.6 Å². The maximum absolute atomic E-state index is 12.8. The molecule has 2 aliphatic heterocycles. The highest BCUT2D eigenvalue weighted by Gasteiger charge is 2.46. The van der Waals surface area contributed by atoms with E-state index in [0.717, 1.165) is 44.5 Å². The van der Waals surface area contributed by atoms with Crippen LogP contribution < -0.4 is 5.56 Å². The van der Waals surface area contributed by atoms with Crippen molar-refractivity contribution < 1.29 is 4.79 Å². The molecule has 2 N–H and O–H groups in total. The van der Waals surface area contributed by atoms with E-state index in [1.807, 2.05) is 0 Å². The standard InChI is InChI=1S/C19H26N6O2/c1-3-7-25-8-4-15-16(22-12-21-15)19(25)5-9-24(10-6-19)18(27)14-11-20-13(2)23-17(14)26/h11-12H,3-10H2,1-2H3,(H,21,22)(H,20,23,26). The van der Waals surface area contributed by atoms with Gasteiger partial charge in [-0.1, -0.05) is 6.92 Å². The third-order valence-corrected chi connectivity index (χ3v) is 5.92. The minimum Gasteiger partial charge on any atom is -0.348 e. The van der Waals surface area contributed by atoms with Gasteiger partial charge in [-0.25, -0.2) is 9.97 Å². The van der Waals surface area contributed by atoms with Gasteiger partial charge in [0.1, 0.15) is 11.4 Å². The van der Waals surface area contributed by atoms with Crippen molar-refractivity contribution in [3.63, 3.8) is 0 Å². The Bertz CT molecular complexity index is 894. The van der Waals surface area contributed by atoms with E-state index in [9.17, 15) is 9.59 Å². The number of hydrogen-bond acceptors (Lipinski definition) is 5. The first kappa shape index (κ1) is 17.9. The number of H-pyrrole nitrogens is 2. The maximum Gasteiger partial charge on any atom is 0.263 e. The largest absolute Gasteiger partial charge is 0.348 e. The van der Waals surface area contributed by atoms with Gasteiger partial charge in [0.2, 0.25) is 0 Å². The zero-order chi connectivity index (χ0) is 19.0. The van der Waals surface area contributed by atoms with Crippen LogP contribution in [0.1, 0.15) is 53.8 Å². The Hall–Kier alpha value is -2.48. The quantitative estimate of drug-likeness (QED) is 0.846. The molecule has 1 saturated heterocycles. The van der Waals surface area contributed by atoms with Crippen molar-refractivity contribution in [2.24, 2.45) is 0 Å². The lowest BCUT2D eigenvalue weighted by molar-refractivity contribution is 0.00701. The first-order chi connectivity index (χ1) is 13.0. The highest BCUT2D eigenvalue weighted by Crippen LogP contribution is 2.42. The monoisotopic (exact) mass is 370 g/mol. The minimum atomic E-state index is -0.368. The number of aromatic nitrogens is 4. The zero-order valence-electron chi connectivity index (χ0n) is 15.9. The second-order valence-corrected chi connectivity index (χ2v) is 7.50. The molecule has 8 nitrogen and oxygen atoms in total. The molecule has 2 aromatic heterocycles. The van der Waals surface area contributed by atoms with E-state index in [-0.39, 0.29) is 22.6 Å². The Balaban J connectivity index is 1.57. The van der Waals surface area contributed by atoms with E-state index in [1.54, 1.807) is 18.2 Å². The van der Waals surface area contributed by atoms with Gasteiger partial charge in [0.25, 0.3) is 11.5 Å². The molecular weight excluding hydrogens is 344 g/mol. The van der Waals surface area contributed by atoms with Crippen molar-refractivity contribution in [2.45, 2.75) is 45.1 Å². The summed E-state index contributed by atoms with van der Waals surface area (Å²) in [6.07, 6.45) is 6.91. The van der Waals surface area contributed by atoms with Gasteiger partial charge >= 0.3 is 0 Å². The molecule has 144 valence electrons. The number of carbonyl (C=O) groups is 1. The molecule has 0 radical (unpaired) electrons. The van der Waals surface area contributed by atoms with Crippen molar-refractivity contribution in [3.05, 3.63) is 45.7 Å². The number of hydrogen-bond donors (Lipinski definition) is 2. The molecule has 4 heterocycles. The van der Waals surface area contributed by atoms with Crippen LogP contribution in [0.3, 0.4) is 0 Å². The van der Waals surface area contributed by atoms with E-state index in [1.165, 1.54) is 11.9 Å². The molecule has 0 bridgehead atoms. The highest BCUT2D eigenvalue weighted by atomic mass is 16.2. The molecule has 0 saturated carbocycles. The normalized spacial score (nSPS) is 19.3. The smallest absolute Gasteiger partial charge is 0.263 e. The molecule has 2 aromatic rings. The van der Waals surface area contributed by atoms with Crippen LogP contribution in [-0.4, -0.2) is 61.8 Å². The topological polar surface area (TPSA) is 98.0 Å². The molecule has 0 unspecified atom stereocenters. The molecule has 1 fully saturated rings. The third-order valence-electron chi connectivity index (χ3n) is 5.92. The van der Waals surface area contributed by atoms with Crippen LogP contribution in [0.5, 0.6) is 0 Å². The summed E-state index contributed by atoms with van der Waals surface area (Å²) >= 11 is 0. The number of nitrogens with zero attached hydrogens (tertiary/aromatic N) is 4. The second kappa shape index (κ2) is 6.92. The Morgan fingerprint density at radius 1 is 1.26 bits per heavy atom. The molecule has 8 heteroatoms. The fraction of sp³-hybridized carbons (Fsp3) is 0.579. The molecule has 0 aromatic carbocycles. The number of nitrogens with one attached hydrogen (secondary N) is 2. The Labute approximate surface area is 158 Å². The van der Waals surface area contributed by atoms with E-state index in [0.29, 0.717) is 18.9 Å². The van der Waals surface area contributed by atoms with Crippen molar-refractivity contribution in [3.8, 4) is 0 Å². The fourth-order valence-electron chi connectivity index (χ4n) is 4.56. The van der Waals surface area contributed by atoms with Crippen LogP contribution in [0, 0.1) is 6.92 Å². The number of fused-ring (bicyclic) bond motifs is 2. The summed E-state index contributed by atoms with van der Waals surface area (Å²) in [5.41, 5.74) is 2.00. The predicted molar refractivity (Wildman–Crippen MR) is 101 cm³/mol. The minimum absolute atomic E-state index is 0.113. The molecule has 27 heavy (non-hydrogen) atoms. The first-order valence-corrected chi connectivity index (χ1v) is 9.68. The number of imidazole rings is 1. The first-order valence-electron chi connectivity index (χ1n) is 9.68. The molecule has 4 rings (SSSR count). The SMILES string of the molecule is CCCN1CCc2[nH]cnc2C12CCN(C(=O)c1cnc(C)[nH]c1=O)CC2. The lowest BCUT2D eigenvalue weighted by Crippen LogP contribution is -2.57. The number of likely N-dealkylation sites (tertiary alicyclic amines) is 1. The molecule has 1 amide bonds. The van der Waals surface area contributed by atoms with Gasteiger partial charge < -0.3 is 14.9 Å². The number of aryl methyl sites for hydroxylation is 1. The van der Waals surface area contributed by atoms with E-state index in [2.05, 4.69) is 31.8 Å². The van der Waals surface area contributed by atoms with Gasteiger partial charge in [-0.3, -0.25) is 14.5 Å². The Morgan fingerprint density at radius 2 is 2.04 bits per heavy atom. The van der Waals surface area contributed by atoms with Crippen LogP contribution in [0.25, 0.3) is 0 Å². The van der Waals surface area contributed by atoms with Crippen LogP contribution in [-0.2, 0) is 12.0 Å². The number of amides is 1. The van der Waals surface area contributed by atoms with Crippen LogP contribution >= 0.6 is 0 Å². The van der Waals surface area contributed by atoms with Gasteiger partial charge in [-0.15, -0.1) is 0 Å². The molecule has 1 spiro atoms. The molecule has 0 atom stereocenters. The predicted octanol–water partition coefficient (Wildman–Crippen LogP) is 1.20. The van der Waals surface area contributed by atoms with Gasteiger partial charge in [-0.05, 0) is 32.7 Å². The maximum atomic E-state index is 12.8. The van der Waals surface area contributed by atoms with Crippen molar-refractivity contribution in [1.29, 1.82) is 0 Å². The summed E-state index contributed by atoms with van der Waals surface area (Å²) in [7, 11) is 0. The summed E-state index contributed by atoms with van der Waals surface area (Å²) in [5.74, 6) is 0.274. The van der Waals surface area contributed by atoms with Gasteiger partial charge in [-0.2, -0.15) is 0 Å². The van der Waals surface area contributed by atoms with Gasteiger partial charge in [0, 0.05) is 37.9 Å². The molecular formula is C19H26N6O2. The van der Waals surface area contributed by atoms with E-state index >= 15 is 0 Å². The highest BCUT2D eigenvalue weighted by molar-refractivity contribution is 5.93. The third kappa shape index (κ3) is 2.97. The number of piperidine rings is 1. The summed E-state index contributed by atoms with van der Waals surface area (Å²) in [4.78, 5) is 43.9. The zero-order valence-corrected chi connectivity index (χ0v) is 15.9. The number of carbonyl (C=O) groups excluding carboxylic acids is 1. The number of rotatable bonds is 3. The molecule has 0 aliphatic carbocycles. The van der Waals surface area contributed by atoms with Crippen LogP contribution in [0.4, 0.5) is 0 Å². The van der Waals surface area contributed by atoms with Crippen molar-refractivity contribution in [2.75, 3.05) is 26.2 Å². The summed E-state index contributed by atoms with van der Waals surface area (Å²) in [5, 5.41) is 0. The summed E-state index contributed by atoms with van der Waals surface area (Å²) in [6.45, 7) is 7.16. The number of aromatic amines is 2. The van der Waals surface area contributed by atoms with Crippen LogP contribution in [0.2, 0.25) is 0 Å². The van der Waals surface area contributed by atoms with E-state index < -0.39 is 0 Å². The summed E-state index contributed by atoms with van der Waals surface area (Å²) < 4.78 is 0. The lowest BCUT2D eigenvalue weighted by Gasteiger charge is -2.50. The van der Waals surface area contributed by atoms with Crippen molar-refractivity contribution in [1.82, 2.24) is 29.7 Å². The molecule has 2 aliphatic rings. The summed E-state index contributed by atoms with van der Waals surface area (Å²) in [6, 6.07) is 0. The lowest BCUT2D eigenvalue weighted by atomic mass is 9.78. The van der Waals surface area contributed by atoms with E-state index in [4.69, 9.17) is 0 Å².